The van der Waals surface area contributed by atoms with Gasteiger partial charge in [-0.3, -0.25) is 7.91 Å². The molecule has 4 rings (SSSR count). The normalized spacial score (nSPS) is 22.5. The molecule has 2 radical (unpaired) electrons. The fourth-order valence-electron chi connectivity index (χ4n) is 3.64. The smallest absolute Gasteiger partial charge is 0.238 e. The molecule has 8 heteroatoms. The molecular weight excluding hydrogens is 440 g/mol. The number of amides is 1. The standard InChI is InChI=1S/C18H19BIN5O/c1-11(25(20)17(26)12-7-18(2,19)8-12)4-6-24-10-23-14-9-22-16-13(15(14)24)3-5-21-16/h3,5,9-10,12H,1,4,6-8H2,2H3,(H,21,22). The highest BCUT2D eigenvalue weighted by Crippen LogP contribution is 2.50. The molecule has 1 N–H and O–H groups in total. The summed E-state index contributed by atoms with van der Waals surface area (Å²) in [6.45, 7) is 6.79. The Hall–Kier alpha value is -1.84. The van der Waals surface area contributed by atoms with Crippen molar-refractivity contribution in [3.63, 3.8) is 0 Å². The fraction of sp³-hybridized carbons (Fsp3) is 0.389. The minimum Gasteiger partial charge on any atom is -0.346 e. The number of aromatic amines is 1. The zero-order chi connectivity index (χ0) is 18.5. The molecule has 1 fully saturated rings. The summed E-state index contributed by atoms with van der Waals surface area (Å²) >= 11 is 2.05. The van der Waals surface area contributed by atoms with Crippen LogP contribution in [0.1, 0.15) is 26.2 Å². The van der Waals surface area contributed by atoms with Crippen LogP contribution in [-0.2, 0) is 11.3 Å². The van der Waals surface area contributed by atoms with Gasteiger partial charge >= 0.3 is 0 Å². The number of halogens is 1. The number of fused-ring (bicyclic) bond motifs is 3. The van der Waals surface area contributed by atoms with Crippen LogP contribution in [0.25, 0.3) is 22.1 Å². The molecule has 26 heavy (non-hydrogen) atoms. The zero-order valence-corrected chi connectivity index (χ0v) is 16.7. The number of H-pyrrole nitrogens is 1. The largest absolute Gasteiger partial charge is 0.346 e. The van der Waals surface area contributed by atoms with Crippen LogP contribution in [0.4, 0.5) is 0 Å². The number of hydrogen-bond acceptors (Lipinski definition) is 3. The van der Waals surface area contributed by atoms with Crippen molar-refractivity contribution in [2.75, 3.05) is 0 Å². The number of aromatic nitrogens is 4. The van der Waals surface area contributed by atoms with E-state index < -0.39 is 0 Å². The van der Waals surface area contributed by atoms with Crippen LogP contribution in [0, 0.1) is 5.92 Å². The fourth-order valence-corrected chi connectivity index (χ4v) is 4.28. The molecule has 0 aromatic carbocycles. The van der Waals surface area contributed by atoms with Crippen LogP contribution >= 0.6 is 22.9 Å². The maximum atomic E-state index is 12.5. The van der Waals surface area contributed by atoms with Gasteiger partial charge < -0.3 is 9.55 Å². The highest BCUT2D eigenvalue weighted by molar-refractivity contribution is 14.1. The van der Waals surface area contributed by atoms with Crippen molar-refractivity contribution in [3.05, 3.63) is 37.1 Å². The third-order valence-corrected chi connectivity index (χ3v) is 6.21. The Morgan fingerprint density at radius 1 is 1.54 bits per heavy atom. The molecule has 1 aliphatic carbocycles. The van der Waals surface area contributed by atoms with E-state index in [1.54, 1.807) is 9.31 Å². The Morgan fingerprint density at radius 2 is 2.31 bits per heavy atom. The molecule has 0 atom stereocenters. The van der Waals surface area contributed by atoms with E-state index in [1.165, 1.54) is 0 Å². The van der Waals surface area contributed by atoms with Gasteiger partial charge in [-0.05, 0) is 18.9 Å². The van der Waals surface area contributed by atoms with Gasteiger partial charge in [-0.1, -0.05) is 18.8 Å². The lowest BCUT2D eigenvalue weighted by Gasteiger charge is -2.43. The lowest BCUT2D eigenvalue weighted by Crippen LogP contribution is -2.39. The maximum absolute atomic E-state index is 12.5. The number of pyridine rings is 1. The van der Waals surface area contributed by atoms with Gasteiger partial charge in [-0.2, -0.15) is 0 Å². The maximum Gasteiger partial charge on any atom is 0.238 e. The van der Waals surface area contributed by atoms with Crippen molar-refractivity contribution in [1.29, 1.82) is 0 Å². The molecule has 1 amide bonds. The summed E-state index contributed by atoms with van der Waals surface area (Å²) < 4.78 is 3.75. The number of allylic oxidation sites excluding steroid dienone is 1. The van der Waals surface area contributed by atoms with E-state index in [1.807, 2.05) is 25.5 Å². The minimum atomic E-state index is -0.204. The van der Waals surface area contributed by atoms with Crippen molar-refractivity contribution >= 4 is 58.7 Å². The van der Waals surface area contributed by atoms with Crippen molar-refractivity contribution < 1.29 is 4.79 Å². The number of rotatable bonds is 5. The summed E-state index contributed by atoms with van der Waals surface area (Å²) in [5.41, 5.74) is 3.55. The second-order valence-corrected chi connectivity index (χ2v) is 8.33. The predicted molar refractivity (Wildman–Crippen MR) is 111 cm³/mol. The molecule has 0 unspecified atom stereocenters. The molecular formula is C18H19BIN5O. The van der Waals surface area contributed by atoms with Gasteiger partial charge in [0, 0.05) is 36.2 Å². The Bertz CT molecular complexity index is 1000. The zero-order valence-electron chi connectivity index (χ0n) is 14.6. The first-order valence-electron chi connectivity index (χ1n) is 8.59. The molecule has 3 aromatic heterocycles. The van der Waals surface area contributed by atoms with Gasteiger partial charge in [-0.25, -0.2) is 9.97 Å². The second-order valence-electron chi connectivity index (χ2n) is 7.36. The number of nitrogens with zero attached hydrogens (tertiary/aromatic N) is 4. The Labute approximate surface area is 167 Å². The van der Waals surface area contributed by atoms with Crippen molar-refractivity contribution in [3.8, 4) is 0 Å². The van der Waals surface area contributed by atoms with Gasteiger partial charge in [-0.15, -0.1) is 0 Å². The van der Waals surface area contributed by atoms with Crippen LogP contribution in [0.2, 0.25) is 5.31 Å². The summed E-state index contributed by atoms with van der Waals surface area (Å²) in [5, 5.41) is 0.842. The first-order valence-corrected chi connectivity index (χ1v) is 9.55. The summed E-state index contributed by atoms with van der Waals surface area (Å²) in [6.07, 6.45) is 7.61. The molecule has 0 aliphatic heterocycles. The highest BCUT2D eigenvalue weighted by atomic mass is 127. The number of hydrogen-bond donors (Lipinski definition) is 1. The first-order chi connectivity index (χ1) is 12.4. The lowest BCUT2D eigenvalue weighted by molar-refractivity contribution is -0.131. The Morgan fingerprint density at radius 3 is 3.04 bits per heavy atom. The topological polar surface area (TPSA) is 66.8 Å². The van der Waals surface area contributed by atoms with E-state index >= 15 is 0 Å². The number of nitrogens with one attached hydrogen (secondary N) is 1. The molecule has 3 aromatic rings. The number of imidazole rings is 1. The molecule has 0 saturated heterocycles. The van der Waals surface area contributed by atoms with E-state index in [9.17, 15) is 4.79 Å². The van der Waals surface area contributed by atoms with Crippen molar-refractivity contribution in [2.24, 2.45) is 5.92 Å². The molecule has 1 aliphatic rings. The van der Waals surface area contributed by atoms with Gasteiger partial charge in [0.25, 0.3) is 0 Å². The summed E-state index contributed by atoms with van der Waals surface area (Å²) in [6, 6.07) is 2.01. The lowest BCUT2D eigenvalue weighted by atomic mass is 9.52. The monoisotopic (exact) mass is 459 g/mol. The predicted octanol–water partition coefficient (Wildman–Crippen LogP) is 3.75. The minimum absolute atomic E-state index is 0.0123. The molecule has 3 heterocycles. The number of carbonyl (C=O) groups excluding carboxylic acids is 1. The van der Waals surface area contributed by atoms with Gasteiger partial charge in [0.15, 0.2) is 0 Å². The molecule has 0 spiro atoms. The van der Waals surface area contributed by atoms with Crippen LogP contribution in [0.3, 0.4) is 0 Å². The highest BCUT2D eigenvalue weighted by Gasteiger charge is 2.41. The Balaban J connectivity index is 1.45. The van der Waals surface area contributed by atoms with Crippen LogP contribution < -0.4 is 0 Å². The van der Waals surface area contributed by atoms with E-state index in [4.69, 9.17) is 7.85 Å². The van der Waals surface area contributed by atoms with Crippen molar-refractivity contribution in [2.45, 2.75) is 38.0 Å². The van der Waals surface area contributed by atoms with E-state index in [-0.39, 0.29) is 17.1 Å². The van der Waals surface area contributed by atoms with Crippen molar-refractivity contribution in [1.82, 2.24) is 22.6 Å². The molecule has 1 saturated carbocycles. The van der Waals surface area contributed by atoms with E-state index in [0.29, 0.717) is 13.0 Å². The molecule has 0 bridgehead atoms. The quantitative estimate of drug-likeness (QED) is 0.359. The first kappa shape index (κ1) is 17.6. The van der Waals surface area contributed by atoms with Gasteiger partial charge in [0.2, 0.25) is 5.91 Å². The van der Waals surface area contributed by atoms with Crippen LogP contribution in [-0.4, -0.2) is 36.4 Å². The van der Waals surface area contributed by atoms with Gasteiger partial charge in [0.05, 0.1) is 48.8 Å². The van der Waals surface area contributed by atoms with E-state index in [0.717, 1.165) is 40.6 Å². The summed E-state index contributed by atoms with van der Waals surface area (Å²) in [7, 11) is 6.02. The molecule has 6 nitrogen and oxygen atoms in total. The average molecular weight is 459 g/mol. The van der Waals surface area contributed by atoms with Gasteiger partial charge in [0.1, 0.15) is 11.2 Å². The summed E-state index contributed by atoms with van der Waals surface area (Å²) in [5.74, 6) is 0.115. The third kappa shape index (κ3) is 3.04. The van der Waals surface area contributed by atoms with Crippen LogP contribution in [0.5, 0.6) is 0 Å². The molecule has 132 valence electrons. The summed E-state index contributed by atoms with van der Waals surface area (Å²) in [4.78, 5) is 24.5. The Kier molecular flexibility index (Phi) is 4.33. The number of carbonyl (C=O) groups is 1. The second kappa shape index (κ2) is 6.40. The van der Waals surface area contributed by atoms with E-state index in [2.05, 4.69) is 49.0 Å². The average Bonchev–Trinajstić information content (AvgIpc) is 3.21. The third-order valence-electron chi connectivity index (χ3n) is 5.05. The van der Waals surface area contributed by atoms with Crippen LogP contribution in [0.15, 0.2) is 37.1 Å². The SMILES string of the molecule is [B]C1(C)CC(C(=O)N(I)C(=C)CCn2cnc3cnc4[nH]ccc4c32)C1. The number of aryl methyl sites for hydroxylation is 1.